The van der Waals surface area contributed by atoms with E-state index in [2.05, 4.69) is 0 Å². The molecule has 0 N–H and O–H groups in total. The number of carbonyl (C=O) groups excluding carboxylic acids is 1. The van der Waals surface area contributed by atoms with Crippen LogP contribution in [0.2, 0.25) is 0 Å². The number of allylic oxidation sites excluding steroid dienone is 1. The van der Waals surface area contributed by atoms with Gasteiger partial charge in [0.15, 0.2) is 5.78 Å². The predicted octanol–water partition coefficient (Wildman–Crippen LogP) is 1.29. The zero-order chi connectivity index (χ0) is 15.6. The number of benzene rings is 1. The van der Waals surface area contributed by atoms with Crippen LogP contribution in [0.1, 0.15) is 21.5 Å². The van der Waals surface area contributed by atoms with Gasteiger partial charge in [0.1, 0.15) is 0 Å². The zero-order valence-electron chi connectivity index (χ0n) is 12.2. The van der Waals surface area contributed by atoms with E-state index in [4.69, 9.17) is 0 Å². The van der Waals surface area contributed by atoms with Gasteiger partial charge in [-0.1, -0.05) is 24.3 Å². The molecule has 21 heavy (non-hydrogen) atoms. The van der Waals surface area contributed by atoms with Crippen molar-refractivity contribution in [2.45, 2.75) is 6.92 Å². The molecule has 0 atom stereocenters. The minimum Gasteiger partial charge on any atom is -0.303 e. The Morgan fingerprint density at radius 3 is 2.48 bits per heavy atom. The quantitative estimate of drug-likeness (QED) is 0.630. The van der Waals surface area contributed by atoms with E-state index in [1.807, 2.05) is 19.1 Å². The molecule has 0 aliphatic heterocycles. The molecule has 0 spiro atoms. The molecule has 0 fully saturated rings. The molecular formula is C16H16N2O3. The summed E-state index contributed by atoms with van der Waals surface area (Å²) in [5.41, 5.74) is 0.937. The molecule has 0 radical (unpaired) electrons. The lowest BCUT2D eigenvalue weighted by molar-refractivity contribution is 0.104. The lowest BCUT2D eigenvalue weighted by Gasteiger charge is -2.03. The van der Waals surface area contributed by atoms with E-state index in [0.29, 0.717) is 11.1 Å². The minimum atomic E-state index is -0.424. The molecule has 0 aliphatic carbocycles. The highest BCUT2D eigenvalue weighted by Gasteiger charge is 2.07. The average molecular weight is 284 g/mol. The maximum atomic E-state index is 12.1. The number of nitrogens with zero attached hydrogens (tertiary/aromatic N) is 2. The molecule has 5 heteroatoms. The number of hydrogen-bond acceptors (Lipinski definition) is 3. The Labute approximate surface area is 121 Å². The molecule has 0 saturated heterocycles. The Balaban J connectivity index is 2.39. The second-order valence-electron chi connectivity index (χ2n) is 4.85. The Hall–Kier alpha value is -2.69. The van der Waals surface area contributed by atoms with Gasteiger partial charge in [-0.15, -0.1) is 0 Å². The SMILES string of the molecule is Cc1ccccc1C(=O)C=Cc1cn(C)c(=O)n(C)c1=O. The van der Waals surface area contributed by atoms with Crippen molar-refractivity contribution in [3.05, 3.63) is 74.1 Å². The average Bonchev–Trinajstić information content (AvgIpc) is 2.47. The van der Waals surface area contributed by atoms with Gasteiger partial charge in [-0.3, -0.25) is 14.2 Å². The molecule has 1 heterocycles. The van der Waals surface area contributed by atoms with Gasteiger partial charge in [-0.2, -0.15) is 0 Å². The largest absolute Gasteiger partial charge is 0.330 e. The minimum absolute atomic E-state index is 0.177. The Kier molecular flexibility index (Phi) is 4.03. The second kappa shape index (κ2) is 5.75. The van der Waals surface area contributed by atoms with Crippen LogP contribution >= 0.6 is 0 Å². The van der Waals surface area contributed by atoms with Gasteiger partial charge in [0.25, 0.3) is 5.56 Å². The number of ketones is 1. The summed E-state index contributed by atoms with van der Waals surface area (Å²) in [6.07, 6.45) is 4.21. The number of aromatic nitrogens is 2. The summed E-state index contributed by atoms with van der Waals surface area (Å²) >= 11 is 0. The highest BCUT2D eigenvalue weighted by atomic mass is 16.2. The summed E-state index contributed by atoms with van der Waals surface area (Å²) in [5.74, 6) is -0.177. The van der Waals surface area contributed by atoms with Crippen molar-refractivity contribution < 1.29 is 4.79 Å². The van der Waals surface area contributed by atoms with Crippen LogP contribution in [0.3, 0.4) is 0 Å². The molecule has 1 aromatic heterocycles. The number of carbonyl (C=O) groups is 1. The fourth-order valence-electron chi connectivity index (χ4n) is 2.06. The van der Waals surface area contributed by atoms with E-state index < -0.39 is 11.2 Å². The van der Waals surface area contributed by atoms with Crippen LogP contribution in [0.15, 0.2) is 46.1 Å². The number of aryl methyl sites for hydroxylation is 2. The fraction of sp³-hybridized carbons (Fsp3) is 0.188. The monoisotopic (exact) mass is 284 g/mol. The van der Waals surface area contributed by atoms with Gasteiger partial charge < -0.3 is 4.57 Å². The predicted molar refractivity (Wildman–Crippen MR) is 81.5 cm³/mol. The number of rotatable bonds is 3. The molecule has 0 bridgehead atoms. The molecule has 0 saturated carbocycles. The van der Waals surface area contributed by atoms with E-state index in [1.165, 1.54) is 30.0 Å². The summed E-state index contributed by atoms with van der Waals surface area (Å²) in [6, 6.07) is 7.24. The van der Waals surface area contributed by atoms with Crippen LogP contribution < -0.4 is 11.2 Å². The van der Waals surface area contributed by atoms with Crippen molar-refractivity contribution in [1.82, 2.24) is 9.13 Å². The fourth-order valence-corrected chi connectivity index (χ4v) is 2.06. The second-order valence-corrected chi connectivity index (χ2v) is 4.85. The third-order valence-corrected chi connectivity index (χ3v) is 3.30. The molecule has 0 unspecified atom stereocenters. The maximum absolute atomic E-state index is 12.1. The summed E-state index contributed by atoms with van der Waals surface area (Å²) in [7, 11) is 2.97. The van der Waals surface area contributed by atoms with Gasteiger partial charge in [-0.25, -0.2) is 4.79 Å². The molecular weight excluding hydrogens is 268 g/mol. The van der Waals surface area contributed by atoms with Crippen molar-refractivity contribution in [1.29, 1.82) is 0 Å². The summed E-state index contributed by atoms with van der Waals surface area (Å²) in [6.45, 7) is 1.85. The van der Waals surface area contributed by atoms with Gasteiger partial charge >= 0.3 is 5.69 Å². The van der Waals surface area contributed by atoms with E-state index in [0.717, 1.165) is 10.1 Å². The Bertz CT molecular complexity index is 841. The summed E-state index contributed by atoms with van der Waals surface area (Å²) in [5, 5.41) is 0. The first-order valence-electron chi connectivity index (χ1n) is 6.46. The normalized spacial score (nSPS) is 11.0. The van der Waals surface area contributed by atoms with Gasteiger partial charge in [-0.05, 0) is 24.6 Å². The highest BCUT2D eigenvalue weighted by molar-refractivity contribution is 6.07. The van der Waals surface area contributed by atoms with Crippen molar-refractivity contribution in [2.75, 3.05) is 0 Å². The smallest absolute Gasteiger partial charge is 0.303 e. The van der Waals surface area contributed by atoms with Crippen molar-refractivity contribution >= 4 is 11.9 Å². The first-order chi connectivity index (χ1) is 9.91. The van der Waals surface area contributed by atoms with Crippen molar-refractivity contribution in [3.8, 4) is 0 Å². The molecule has 2 rings (SSSR count). The van der Waals surface area contributed by atoms with Crippen LogP contribution in [-0.2, 0) is 14.1 Å². The van der Waals surface area contributed by atoms with Crippen LogP contribution in [0.25, 0.3) is 6.08 Å². The van der Waals surface area contributed by atoms with E-state index in [1.54, 1.807) is 19.2 Å². The van der Waals surface area contributed by atoms with Crippen LogP contribution in [0.5, 0.6) is 0 Å². The molecule has 108 valence electrons. The molecule has 0 aliphatic rings. The standard InChI is InChI=1S/C16H16N2O3/c1-11-6-4-5-7-13(11)14(19)9-8-12-10-17(2)16(21)18(3)15(12)20/h4-10H,1-3H3. The lowest BCUT2D eigenvalue weighted by Crippen LogP contribution is -2.37. The van der Waals surface area contributed by atoms with Gasteiger partial charge in [0, 0.05) is 25.9 Å². The molecule has 1 aromatic carbocycles. The van der Waals surface area contributed by atoms with Crippen molar-refractivity contribution in [3.63, 3.8) is 0 Å². The molecule has 2 aromatic rings. The zero-order valence-corrected chi connectivity index (χ0v) is 12.2. The summed E-state index contributed by atoms with van der Waals surface area (Å²) < 4.78 is 2.32. The Morgan fingerprint density at radius 2 is 1.81 bits per heavy atom. The molecule has 0 amide bonds. The van der Waals surface area contributed by atoms with E-state index in [9.17, 15) is 14.4 Å². The van der Waals surface area contributed by atoms with Crippen LogP contribution in [0.4, 0.5) is 0 Å². The topological polar surface area (TPSA) is 61.1 Å². The van der Waals surface area contributed by atoms with Gasteiger partial charge in [0.2, 0.25) is 0 Å². The van der Waals surface area contributed by atoms with Crippen molar-refractivity contribution in [2.24, 2.45) is 14.1 Å². The van der Waals surface area contributed by atoms with Crippen LogP contribution in [-0.4, -0.2) is 14.9 Å². The highest BCUT2D eigenvalue weighted by Crippen LogP contribution is 2.09. The third-order valence-electron chi connectivity index (χ3n) is 3.30. The third kappa shape index (κ3) is 2.91. The Morgan fingerprint density at radius 1 is 1.14 bits per heavy atom. The maximum Gasteiger partial charge on any atom is 0.330 e. The number of hydrogen-bond donors (Lipinski definition) is 0. The molecule has 5 nitrogen and oxygen atoms in total. The van der Waals surface area contributed by atoms with Crippen LogP contribution in [0, 0.1) is 6.92 Å². The lowest BCUT2D eigenvalue weighted by atomic mass is 10.0. The van der Waals surface area contributed by atoms with E-state index >= 15 is 0 Å². The first-order valence-corrected chi connectivity index (χ1v) is 6.46. The summed E-state index contributed by atoms with van der Waals surface area (Å²) in [4.78, 5) is 35.6. The van der Waals surface area contributed by atoms with Gasteiger partial charge in [0.05, 0.1) is 5.56 Å². The first kappa shape index (κ1) is 14.7. The van der Waals surface area contributed by atoms with E-state index in [-0.39, 0.29) is 5.78 Å².